The third kappa shape index (κ3) is 4.63. The van der Waals surface area contributed by atoms with E-state index in [9.17, 15) is 9.00 Å². The molecule has 0 aliphatic carbocycles. The molecule has 112 valence electrons. The summed E-state index contributed by atoms with van der Waals surface area (Å²) >= 11 is 0. The number of benzene rings is 1. The minimum atomic E-state index is -1.15. The minimum absolute atomic E-state index is 0.209. The molecule has 3 atom stereocenters. The molecule has 5 heteroatoms. The van der Waals surface area contributed by atoms with Crippen LogP contribution in [0.15, 0.2) is 18.2 Å². The number of carbonyl (C=O) groups is 1. The SMILES string of the molecule is CCC(C)CS(=O)C(C)C(=O)Nc1ccc(N)cc1C. The van der Waals surface area contributed by atoms with E-state index in [1.807, 2.05) is 13.8 Å². The van der Waals surface area contributed by atoms with Gasteiger partial charge in [0.2, 0.25) is 5.91 Å². The summed E-state index contributed by atoms with van der Waals surface area (Å²) in [5, 5.41) is 2.31. The van der Waals surface area contributed by atoms with Crippen LogP contribution >= 0.6 is 0 Å². The Bertz CT molecular complexity index is 503. The molecule has 0 spiro atoms. The average Bonchev–Trinajstić information content (AvgIpc) is 2.40. The van der Waals surface area contributed by atoms with Gasteiger partial charge in [0.15, 0.2) is 0 Å². The molecule has 3 unspecified atom stereocenters. The number of aryl methyl sites for hydroxylation is 1. The molecular weight excluding hydrogens is 272 g/mol. The summed E-state index contributed by atoms with van der Waals surface area (Å²) in [6.07, 6.45) is 0.969. The van der Waals surface area contributed by atoms with Crippen molar-refractivity contribution in [1.29, 1.82) is 0 Å². The molecule has 0 aliphatic heterocycles. The third-order valence-electron chi connectivity index (χ3n) is 3.42. The normalized spacial score (nSPS) is 15.4. The topological polar surface area (TPSA) is 72.2 Å². The molecule has 1 aromatic rings. The van der Waals surface area contributed by atoms with Crippen molar-refractivity contribution in [3.05, 3.63) is 23.8 Å². The van der Waals surface area contributed by atoms with Crippen molar-refractivity contribution in [2.75, 3.05) is 16.8 Å². The van der Waals surface area contributed by atoms with E-state index in [2.05, 4.69) is 12.2 Å². The monoisotopic (exact) mass is 296 g/mol. The summed E-state index contributed by atoms with van der Waals surface area (Å²) in [4.78, 5) is 12.1. The van der Waals surface area contributed by atoms with Gasteiger partial charge in [-0.05, 0) is 43.5 Å². The maximum atomic E-state index is 12.1. The first-order valence-electron chi connectivity index (χ1n) is 6.89. The fourth-order valence-corrected chi connectivity index (χ4v) is 3.11. The zero-order valence-corrected chi connectivity index (χ0v) is 13.4. The molecule has 0 saturated heterocycles. The van der Waals surface area contributed by atoms with E-state index in [-0.39, 0.29) is 5.91 Å². The summed E-state index contributed by atoms with van der Waals surface area (Å²) in [7, 11) is -1.15. The van der Waals surface area contributed by atoms with Crippen molar-refractivity contribution < 1.29 is 9.00 Å². The Labute approximate surface area is 123 Å². The van der Waals surface area contributed by atoms with Gasteiger partial charge >= 0.3 is 0 Å². The maximum Gasteiger partial charge on any atom is 0.239 e. The van der Waals surface area contributed by atoms with Crippen LogP contribution in [0.25, 0.3) is 0 Å². The van der Waals surface area contributed by atoms with E-state index in [0.29, 0.717) is 17.4 Å². The Hall–Kier alpha value is -1.36. The number of nitrogens with one attached hydrogen (secondary N) is 1. The molecule has 1 rings (SSSR count). The first-order valence-corrected chi connectivity index (χ1v) is 8.27. The molecule has 0 heterocycles. The number of hydrogen-bond donors (Lipinski definition) is 2. The van der Waals surface area contributed by atoms with Gasteiger partial charge in [0.1, 0.15) is 5.25 Å². The van der Waals surface area contributed by atoms with Crippen molar-refractivity contribution in [3.63, 3.8) is 0 Å². The number of hydrogen-bond acceptors (Lipinski definition) is 3. The highest BCUT2D eigenvalue weighted by Crippen LogP contribution is 2.18. The lowest BCUT2D eigenvalue weighted by molar-refractivity contribution is -0.115. The van der Waals surface area contributed by atoms with E-state index in [0.717, 1.165) is 17.7 Å². The molecule has 0 fully saturated rings. The molecule has 4 nitrogen and oxygen atoms in total. The zero-order chi connectivity index (χ0) is 15.3. The van der Waals surface area contributed by atoms with Crippen LogP contribution in [0.5, 0.6) is 0 Å². The van der Waals surface area contributed by atoms with Gasteiger partial charge in [-0.1, -0.05) is 20.3 Å². The Balaban J connectivity index is 2.68. The second-order valence-electron chi connectivity index (χ2n) is 5.27. The Morgan fingerprint density at radius 2 is 2.05 bits per heavy atom. The molecule has 20 heavy (non-hydrogen) atoms. The highest BCUT2D eigenvalue weighted by Gasteiger charge is 2.21. The Kier molecular flexibility index (Phi) is 6.20. The lowest BCUT2D eigenvalue weighted by Crippen LogP contribution is -2.31. The van der Waals surface area contributed by atoms with Crippen LogP contribution in [0.1, 0.15) is 32.8 Å². The summed E-state index contributed by atoms with van der Waals surface area (Å²) in [6, 6.07) is 5.31. The number of anilines is 2. The van der Waals surface area contributed by atoms with Crippen LogP contribution in [0.3, 0.4) is 0 Å². The fourth-order valence-electron chi connectivity index (χ4n) is 1.72. The van der Waals surface area contributed by atoms with Gasteiger partial charge in [0, 0.05) is 27.9 Å². The van der Waals surface area contributed by atoms with Crippen molar-refractivity contribution in [2.45, 2.75) is 39.4 Å². The van der Waals surface area contributed by atoms with Crippen LogP contribution in [0.4, 0.5) is 11.4 Å². The van der Waals surface area contributed by atoms with Crippen LogP contribution in [0, 0.1) is 12.8 Å². The minimum Gasteiger partial charge on any atom is -0.399 e. The van der Waals surface area contributed by atoms with Gasteiger partial charge in [0.05, 0.1) is 0 Å². The quantitative estimate of drug-likeness (QED) is 0.793. The summed E-state index contributed by atoms with van der Waals surface area (Å²) in [5.41, 5.74) is 7.96. The van der Waals surface area contributed by atoms with Gasteiger partial charge in [-0.3, -0.25) is 9.00 Å². The van der Waals surface area contributed by atoms with E-state index in [4.69, 9.17) is 5.73 Å². The van der Waals surface area contributed by atoms with E-state index >= 15 is 0 Å². The number of rotatable bonds is 6. The highest BCUT2D eigenvalue weighted by atomic mass is 32.2. The number of carbonyl (C=O) groups excluding carboxylic acids is 1. The van der Waals surface area contributed by atoms with E-state index in [1.54, 1.807) is 25.1 Å². The third-order valence-corrected chi connectivity index (χ3v) is 5.32. The summed E-state index contributed by atoms with van der Waals surface area (Å²) < 4.78 is 12.1. The predicted molar refractivity (Wildman–Crippen MR) is 86.1 cm³/mol. The molecule has 0 radical (unpaired) electrons. The molecule has 3 N–H and O–H groups in total. The van der Waals surface area contributed by atoms with Crippen molar-refractivity contribution in [2.24, 2.45) is 5.92 Å². The molecule has 0 bridgehead atoms. The molecule has 1 amide bonds. The summed E-state index contributed by atoms with van der Waals surface area (Å²) in [6.45, 7) is 7.70. The number of nitrogen functional groups attached to an aromatic ring is 1. The first kappa shape index (κ1) is 16.7. The largest absolute Gasteiger partial charge is 0.399 e. The maximum absolute atomic E-state index is 12.1. The van der Waals surface area contributed by atoms with Gasteiger partial charge in [0.25, 0.3) is 0 Å². The number of amides is 1. The fraction of sp³-hybridized carbons (Fsp3) is 0.533. The van der Waals surface area contributed by atoms with Gasteiger partial charge in [-0.15, -0.1) is 0 Å². The molecule has 0 saturated carbocycles. The first-order chi connectivity index (χ1) is 9.35. The second-order valence-corrected chi connectivity index (χ2v) is 7.07. The Morgan fingerprint density at radius 3 is 2.60 bits per heavy atom. The van der Waals surface area contributed by atoms with Crippen LogP contribution < -0.4 is 11.1 Å². The van der Waals surface area contributed by atoms with Crippen LogP contribution in [0.2, 0.25) is 0 Å². The van der Waals surface area contributed by atoms with Gasteiger partial charge in [-0.25, -0.2) is 0 Å². The molecule has 0 aromatic heterocycles. The van der Waals surface area contributed by atoms with Crippen molar-refractivity contribution in [3.8, 4) is 0 Å². The van der Waals surface area contributed by atoms with Crippen LogP contribution in [-0.2, 0) is 15.6 Å². The van der Waals surface area contributed by atoms with E-state index < -0.39 is 16.0 Å². The number of nitrogens with two attached hydrogens (primary N) is 1. The lowest BCUT2D eigenvalue weighted by Gasteiger charge is -2.15. The lowest BCUT2D eigenvalue weighted by atomic mass is 10.2. The summed E-state index contributed by atoms with van der Waals surface area (Å²) in [5.74, 6) is 0.718. The van der Waals surface area contributed by atoms with Gasteiger partial charge in [-0.2, -0.15) is 0 Å². The zero-order valence-electron chi connectivity index (χ0n) is 12.6. The Morgan fingerprint density at radius 1 is 1.40 bits per heavy atom. The standard InChI is InChI=1S/C15H24N2O2S/c1-5-10(2)9-20(19)12(4)15(18)17-14-7-6-13(16)8-11(14)3/h6-8,10,12H,5,9,16H2,1-4H3,(H,17,18). The predicted octanol–water partition coefficient (Wildman–Crippen LogP) is 2.70. The van der Waals surface area contributed by atoms with Crippen LogP contribution in [-0.4, -0.2) is 21.1 Å². The second kappa shape index (κ2) is 7.43. The van der Waals surface area contributed by atoms with Gasteiger partial charge < -0.3 is 11.1 Å². The van der Waals surface area contributed by atoms with E-state index in [1.165, 1.54) is 0 Å². The van der Waals surface area contributed by atoms with Crippen molar-refractivity contribution in [1.82, 2.24) is 0 Å². The highest BCUT2D eigenvalue weighted by molar-refractivity contribution is 7.86. The van der Waals surface area contributed by atoms with Crippen molar-refractivity contribution >= 4 is 28.1 Å². The molecule has 0 aliphatic rings. The smallest absolute Gasteiger partial charge is 0.239 e. The molecule has 1 aromatic carbocycles. The average molecular weight is 296 g/mol. The molecular formula is C15H24N2O2S.